The van der Waals surface area contributed by atoms with Crippen LogP contribution in [0, 0.1) is 18.6 Å². The number of aliphatic hydroxyl groups excluding tert-OH is 1. The van der Waals surface area contributed by atoms with Gasteiger partial charge in [0.1, 0.15) is 23.1 Å². The highest BCUT2D eigenvalue weighted by atomic mass is 32.2. The molecule has 2 amide bonds. The minimum Gasteiger partial charge on any atom is -0.390 e. The third-order valence-corrected chi connectivity index (χ3v) is 9.17. The number of nitrogens with one attached hydrogen (secondary N) is 2. The van der Waals surface area contributed by atoms with E-state index < -0.39 is 45.8 Å². The van der Waals surface area contributed by atoms with Crippen LogP contribution in [0.25, 0.3) is 0 Å². The minimum absolute atomic E-state index is 0.126. The molecular formula is C32H35F2N3O6S. The summed E-state index contributed by atoms with van der Waals surface area (Å²) in [6.07, 6.45) is 0.0557. The predicted molar refractivity (Wildman–Crippen MR) is 160 cm³/mol. The summed E-state index contributed by atoms with van der Waals surface area (Å²) in [4.78, 5) is 28.5. The van der Waals surface area contributed by atoms with Crippen molar-refractivity contribution in [3.05, 3.63) is 99.6 Å². The number of para-hydroxylation sites is 1. The van der Waals surface area contributed by atoms with Gasteiger partial charge in [-0.3, -0.25) is 9.59 Å². The largest absolute Gasteiger partial charge is 0.390 e. The number of amides is 2. The van der Waals surface area contributed by atoms with Gasteiger partial charge >= 0.3 is 10.1 Å². The van der Waals surface area contributed by atoms with Gasteiger partial charge in [0.2, 0.25) is 0 Å². The summed E-state index contributed by atoms with van der Waals surface area (Å²) >= 11 is 0. The van der Waals surface area contributed by atoms with E-state index >= 15 is 0 Å². The van der Waals surface area contributed by atoms with Gasteiger partial charge in [0, 0.05) is 42.4 Å². The lowest BCUT2D eigenvalue weighted by Crippen LogP contribution is -2.50. The van der Waals surface area contributed by atoms with Crippen molar-refractivity contribution in [3.8, 4) is 5.75 Å². The molecule has 3 atom stereocenters. The first kappa shape index (κ1) is 31.6. The van der Waals surface area contributed by atoms with Gasteiger partial charge in [0.05, 0.1) is 18.2 Å². The summed E-state index contributed by atoms with van der Waals surface area (Å²) in [7, 11) is -3.88. The maximum atomic E-state index is 14.0. The number of aliphatic hydroxyl groups is 1. The molecule has 44 heavy (non-hydrogen) atoms. The second-order valence-electron chi connectivity index (χ2n) is 11.3. The maximum Gasteiger partial charge on any atom is 0.311 e. The second kappa shape index (κ2) is 13.0. The van der Waals surface area contributed by atoms with E-state index in [4.69, 9.17) is 4.18 Å². The van der Waals surface area contributed by atoms with Crippen molar-refractivity contribution < 1.29 is 36.1 Å². The number of benzene rings is 3. The number of hydrogen-bond acceptors (Lipinski definition) is 7. The zero-order chi connectivity index (χ0) is 31.6. The third kappa shape index (κ3) is 7.09. The molecule has 0 radical (unpaired) electrons. The van der Waals surface area contributed by atoms with Gasteiger partial charge in [-0.25, -0.2) is 8.78 Å². The number of carbonyl (C=O) groups is 2. The molecule has 2 heterocycles. The summed E-state index contributed by atoms with van der Waals surface area (Å²) in [5.74, 6) is -2.52. The van der Waals surface area contributed by atoms with Crippen molar-refractivity contribution in [2.75, 3.05) is 25.4 Å². The molecule has 3 N–H and O–H groups in total. The first-order valence-electron chi connectivity index (χ1n) is 14.5. The Hall–Kier alpha value is -3.87. The van der Waals surface area contributed by atoms with Crippen molar-refractivity contribution in [3.63, 3.8) is 0 Å². The SMILES string of the molecule is CCCN1CCc2c(C)cc(C(=O)N[C@@H](Cc3cc(F)cc(F)c3)[C@H](O)CNC3CS(=O)(=O)Oc4ccccc43)cc2C1=O. The van der Waals surface area contributed by atoms with Crippen LogP contribution in [0.15, 0.2) is 54.6 Å². The van der Waals surface area contributed by atoms with Gasteiger partial charge in [0.25, 0.3) is 11.8 Å². The quantitative estimate of drug-likeness (QED) is 0.294. The topological polar surface area (TPSA) is 125 Å². The number of nitrogens with zero attached hydrogens (tertiary/aromatic N) is 1. The number of hydrogen-bond donors (Lipinski definition) is 3. The van der Waals surface area contributed by atoms with Crippen LogP contribution in [0.2, 0.25) is 0 Å². The summed E-state index contributed by atoms with van der Waals surface area (Å²) in [6, 6.07) is 11.1. The molecule has 0 saturated heterocycles. The van der Waals surface area contributed by atoms with Crippen LogP contribution in [0.1, 0.15) is 62.4 Å². The Bertz CT molecular complexity index is 1660. The lowest BCUT2D eigenvalue weighted by atomic mass is 9.91. The Balaban J connectivity index is 1.39. The summed E-state index contributed by atoms with van der Waals surface area (Å²) in [5.41, 5.74) is 3.16. The van der Waals surface area contributed by atoms with Crippen molar-refractivity contribution in [2.24, 2.45) is 0 Å². The van der Waals surface area contributed by atoms with Gasteiger partial charge in [-0.15, -0.1) is 0 Å². The molecule has 9 nitrogen and oxygen atoms in total. The van der Waals surface area contributed by atoms with Crippen LogP contribution < -0.4 is 14.8 Å². The van der Waals surface area contributed by atoms with Crippen LogP contribution in [-0.4, -0.2) is 67.8 Å². The molecule has 0 fully saturated rings. The highest BCUT2D eigenvalue weighted by Gasteiger charge is 2.33. The van der Waals surface area contributed by atoms with E-state index in [0.717, 1.165) is 35.7 Å². The second-order valence-corrected chi connectivity index (χ2v) is 12.9. The molecule has 0 aliphatic carbocycles. The molecule has 12 heteroatoms. The molecule has 0 aromatic heterocycles. The smallest absolute Gasteiger partial charge is 0.311 e. The Morgan fingerprint density at radius 2 is 1.86 bits per heavy atom. The van der Waals surface area contributed by atoms with Gasteiger partial charge in [0.15, 0.2) is 0 Å². The number of rotatable bonds is 10. The zero-order valence-corrected chi connectivity index (χ0v) is 25.3. The standard InChI is InChI=1S/C32H35F2N3O6S/c1-3-9-37-10-8-24-19(2)11-21(15-26(24)32(37)40)31(39)36-27(14-20-12-22(33)16-23(34)13-20)29(38)17-35-28-18-44(41,42)43-30-7-5-4-6-25(28)30/h4-7,11-13,15-16,27-29,35,38H,3,8-10,14,17-18H2,1-2H3,(H,36,39)/t27-,28?,29+/m0/s1. The molecule has 234 valence electrons. The van der Waals surface area contributed by atoms with E-state index in [2.05, 4.69) is 10.6 Å². The van der Waals surface area contributed by atoms with E-state index in [1.807, 2.05) is 13.8 Å². The lowest BCUT2D eigenvalue weighted by molar-refractivity contribution is 0.0739. The van der Waals surface area contributed by atoms with Crippen LogP contribution >= 0.6 is 0 Å². The fourth-order valence-corrected chi connectivity index (χ4v) is 7.07. The molecule has 0 saturated carbocycles. The van der Waals surface area contributed by atoms with Gasteiger partial charge in [-0.2, -0.15) is 8.42 Å². The van der Waals surface area contributed by atoms with Crippen molar-refractivity contribution >= 4 is 21.9 Å². The fourth-order valence-electron chi connectivity index (χ4n) is 5.87. The molecule has 1 unspecified atom stereocenters. The Kier molecular flexibility index (Phi) is 9.33. The Morgan fingerprint density at radius 3 is 2.59 bits per heavy atom. The fraction of sp³-hybridized carbons (Fsp3) is 0.375. The van der Waals surface area contributed by atoms with E-state index in [1.165, 1.54) is 6.07 Å². The molecule has 2 aliphatic heterocycles. The molecular weight excluding hydrogens is 592 g/mol. The summed E-state index contributed by atoms with van der Waals surface area (Å²) in [5, 5.41) is 17.1. The molecule has 0 bridgehead atoms. The third-order valence-electron chi connectivity index (χ3n) is 7.99. The molecule has 3 aromatic rings. The normalized spacial score (nSPS) is 18.5. The van der Waals surface area contributed by atoms with Crippen LogP contribution in [0.5, 0.6) is 5.75 Å². The van der Waals surface area contributed by atoms with Crippen LogP contribution in [-0.2, 0) is 23.0 Å². The Labute approximate surface area is 255 Å². The number of fused-ring (bicyclic) bond motifs is 2. The zero-order valence-electron chi connectivity index (χ0n) is 24.5. The number of halogens is 2. The molecule has 5 rings (SSSR count). The van der Waals surface area contributed by atoms with Crippen molar-refractivity contribution in [2.45, 2.75) is 51.3 Å². The van der Waals surface area contributed by atoms with Gasteiger partial charge < -0.3 is 24.8 Å². The maximum absolute atomic E-state index is 14.0. The van der Waals surface area contributed by atoms with Crippen molar-refractivity contribution in [1.29, 1.82) is 0 Å². The molecule has 3 aromatic carbocycles. The highest BCUT2D eigenvalue weighted by Crippen LogP contribution is 2.32. The predicted octanol–water partition coefficient (Wildman–Crippen LogP) is 3.44. The van der Waals surface area contributed by atoms with Crippen molar-refractivity contribution in [1.82, 2.24) is 15.5 Å². The Morgan fingerprint density at radius 1 is 1.14 bits per heavy atom. The number of aryl methyl sites for hydroxylation is 1. The average molecular weight is 628 g/mol. The van der Waals surface area contributed by atoms with Gasteiger partial charge in [-0.05, 0) is 73.2 Å². The average Bonchev–Trinajstić information content (AvgIpc) is 2.96. The monoisotopic (exact) mass is 627 g/mol. The molecule has 2 aliphatic rings. The highest BCUT2D eigenvalue weighted by molar-refractivity contribution is 7.87. The summed E-state index contributed by atoms with van der Waals surface area (Å²) in [6.45, 7) is 4.88. The van der Waals surface area contributed by atoms with E-state index in [0.29, 0.717) is 30.6 Å². The van der Waals surface area contributed by atoms with E-state index in [-0.39, 0.29) is 41.5 Å². The van der Waals surface area contributed by atoms with Crippen LogP contribution in [0.3, 0.4) is 0 Å². The minimum atomic E-state index is -3.88. The van der Waals surface area contributed by atoms with Crippen LogP contribution in [0.4, 0.5) is 8.78 Å². The lowest BCUT2D eigenvalue weighted by Gasteiger charge is -2.30. The number of carbonyl (C=O) groups excluding carboxylic acids is 2. The van der Waals surface area contributed by atoms with E-state index in [1.54, 1.807) is 35.2 Å². The first-order chi connectivity index (χ1) is 20.9. The van der Waals surface area contributed by atoms with Gasteiger partial charge in [-0.1, -0.05) is 25.1 Å². The first-order valence-corrected chi connectivity index (χ1v) is 16.1. The van der Waals surface area contributed by atoms with E-state index in [9.17, 15) is 31.9 Å². The summed E-state index contributed by atoms with van der Waals surface area (Å²) < 4.78 is 57.8. The molecule has 0 spiro atoms.